The number of hydrogen-bond acceptors (Lipinski definition) is 8. The fourth-order valence-corrected chi connectivity index (χ4v) is 3.24. The number of guanidine groups is 1. The fraction of sp³-hybridized carbons (Fsp3) is 0.200. The number of halogens is 2. The molecule has 2 aromatic carbocycles. The molecule has 3 rings (SSSR count). The Morgan fingerprint density at radius 3 is 2.37 bits per heavy atom. The van der Waals surface area contributed by atoms with Crippen LogP contribution in [0.4, 0.5) is 10.5 Å². The molecule has 1 aromatic heterocycles. The Kier molecular flexibility index (Phi) is 9.97. The zero-order valence-electron chi connectivity index (χ0n) is 20.7. The van der Waals surface area contributed by atoms with Crippen LogP contribution >= 0.6 is 23.2 Å². The first-order chi connectivity index (χ1) is 18.2. The van der Waals surface area contributed by atoms with Crippen molar-refractivity contribution >= 4 is 53.3 Å². The van der Waals surface area contributed by atoms with Crippen LogP contribution in [0.2, 0.25) is 10.3 Å². The first-order valence-electron chi connectivity index (χ1n) is 11.2. The number of aromatic nitrogens is 2. The van der Waals surface area contributed by atoms with Gasteiger partial charge in [0.25, 0.3) is 0 Å². The van der Waals surface area contributed by atoms with Gasteiger partial charge in [0.1, 0.15) is 5.75 Å². The van der Waals surface area contributed by atoms with Gasteiger partial charge < -0.3 is 14.4 Å². The molecule has 0 spiro atoms. The van der Waals surface area contributed by atoms with Gasteiger partial charge in [-0.1, -0.05) is 23.7 Å². The molecule has 1 heterocycles. The molecule has 0 aliphatic rings. The Labute approximate surface area is 229 Å². The standard InChI is InChI=1S/C25H24Cl2N6O5/c1-4-32(2)25(36)31-24(33(15-34)14-16-5-7-17(26)8-6-16)28-18-9-11-19(12-10-18)38-21-13-20(22(35)37-3)29-23(27)30-21/h5-13,15H,4,14H2,1-3H3,(H,28,31,36). The highest BCUT2D eigenvalue weighted by Crippen LogP contribution is 2.24. The van der Waals surface area contributed by atoms with E-state index in [4.69, 9.17) is 27.9 Å². The number of hydrogen-bond donors (Lipinski definition) is 1. The maximum atomic E-state index is 12.6. The summed E-state index contributed by atoms with van der Waals surface area (Å²) >= 11 is 11.8. The van der Waals surface area contributed by atoms with Gasteiger partial charge in [-0.25, -0.2) is 19.6 Å². The molecule has 0 unspecified atom stereocenters. The molecule has 0 saturated heterocycles. The number of nitrogens with zero attached hydrogens (tertiary/aromatic N) is 5. The second kappa shape index (κ2) is 13.4. The average molecular weight is 559 g/mol. The normalized spacial score (nSPS) is 10.9. The van der Waals surface area contributed by atoms with Gasteiger partial charge in [-0.05, 0) is 60.5 Å². The maximum absolute atomic E-state index is 12.6. The van der Waals surface area contributed by atoms with Gasteiger partial charge in [-0.2, -0.15) is 4.98 Å². The van der Waals surface area contributed by atoms with Gasteiger partial charge in [0, 0.05) is 24.7 Å². The van der Waals surface area contributed by atoms with E-state index in [2.05, 4.69) is 25.0 Å². The van der Waals surface area contributed by atoms with Crippen LogP contribution in [0.25, 0.3) is 0 Å². The lowest BCUT2D eigenvalue weighted by Gasteiger charge is -2.23. The minimum absolute atomic E-state index is 0.0271. The molecular weight excluding hydrogens is 535 g/mol. The van der Waals surface area contributed by atoms with Crippen LogP contribution in [0.1, 0.15) is 23.0 Å². The molecule has 13 heteroatoms. The lowest BCUT2D eigenvalue weighted by Crippen LogP contribution is -2.47. The minimum Gasteiger partial charge on any atom is -0.464 e. The Bertz CT molecular complexity index is 1320. The van der Waals surface area contributed by atoms with Gasteiger partial charge in [0.15, 0.2) is 5.69 Å². The summed E-state index contributed by atoms with van der Waals surface area (Å²) in [5, 5.41) is 3.06. The number of benzene rings is 2. The zero-order valence-corrected chi connectivity index (χ0v) is 22.2. The van der Waals surface area contributed by atoms with Crippen molar-refractivity contribution < 1.29 is 23.9 Å². The third-order valence-corrected chi connectivity index (χ3v) is 5.49. The maximum Gasteiger partial charge on any atom is 0.356 e. The Balaban J connectivity index is 1.86. The van der Waals surface area contributed by atoms with E-state index >= 15 is 0 Å². The van der Waals surface area contributed by atoms with Crippen LogP contribution in [0.5, 0.6) is 11.6 Å². The summed E-state index contributed by atoms with van der Waals surface area (Å²) in [6.45, 7) is 2.42. The number of amides is 3. The van der Waals surface area contributed by atoms with Crippen LogP contribution in [0.15, 0.2) is 59.6 Å². The van der Waals surface area contributed by atoms with Crippen molar-refractivity contribution in [3.05, 3.63) is 76.2 Å². The third kappa shape index (κ3) is 7.89. The molecule has 11 nitrogen and oxygen atoms in total. The predicted molar refractivity (Wildman–Crippen MR) is 142 cm³/mol. The summed E-state index contributed by atoms with van der Waals surface area (Å²) in [5.74, 6) is -0.267. The summed E-state index contributed by atoms with van der Waals surface area (Å²) in [5.41, 5.74) is 1.15. The number of aliphatic imine (C=N–C) groups is 1. The van der Waals surface area contributed by atoms with Crippen molar-refractivity contribution in [2.45, 2.75) is 13.5 Å². The summed E-state index contributed by atoms with van der Waals surface area (Å²) in [4.78, 5) is 51.2. The number of carbonyl (C=O) groups excluding carboxylic acids is 3. The van der Waals surface area contributed by atoms with E-state index in [9.17, 15) is 14.4 Å². The van der Waals surface area contributed by atoms with Crippen molar-refractivity contribution in [1.29, 1.82) is 0 Å². The molecule has 0 atom stereocenters. The van der Waals surface area contributed by atoms with Crippen LogP contribution in [-0.4, -0.2) is 64.8 Å². The van der Waals surface area contributed by atoms with Gasteiger partial charge >= 0.3 is 12.0 Å². The monoisotopic (exact) mass is 558 g/mol. The molecule has 38 heavy (non-hydrogen) atoms. The average Bonchev–Trinajstić information content (AvgIpc) is 2.92. The molecule has 1 N–H and O–H groups in total. The van der Waals surface area contributed by atoms with E-state index in [1.165, 1.54) is 23.0 Å². The van der Waals surface area contributed by atoms with E-state index in [1.807, 2.05) is 6.92 Å². The summed E-state index contributed by atoms with van der Waals surface area (Å²) in [6, 6.07) is 14.2. The Morgan fingerprint density at radius 2 is 1.76 bits per heavy atom. The van der Waals surface area contributed by atoms with Crippen LogP contribution in [-0.2, 0) is 16.1 Å². The number of methoxy groups -OCH3 is 1. The predicted octanol–water partition coefficient (Wildman–Crippen LogP) is 4.67. The number of rotatable bonds is 8. The summed E-state index contributed by atoms with van der Waals surface area (Å²) in [6.07, 6.45) is 0.578. The van der Waals surface area contributed by atoms with Crippen molar-refractivity contribution in [2.24, 2.45) is 4.99 Å². The van der Waals surface area contributed by atoms with Gasteiger partial charge in [0.2, 0.25) is 23.5 Å². The zero-order chi connectivity index (χ0) is 27.7. The molecule has 198 valence electrons. The van der Waals surface area contributed by atoms with E-state index in [1.54, 1.807) is 55.6 Å². The SMILES string of the molecule is CCN(C)C(=O)NC(=Nc1ccc(Oc2cc(C(=O)OC)nc(Cl)n2)cc1)N(C=O)Cc1ccc(Cl)cc1. The molecule has 0 aliphatic heterocycles. The number of ether oxygens (including phenoxy) is 2. The molecule has 0 saturated carbocycles. The summed E-state index contributed by atoms with van der Waals surface area (Å²) in [7, 11) is 2.84. The van der Waals surface area contributed by atoms with Crippen molar-refractivity contribution in [3.63, 3.8) is 0 Å². The minimum atomic E-state index is -0.689. The molecule has 3 amide bonds. The second-order valence-corrected chi connectivity index (χ2v) is 8.46. The van der Waals surface area contributed by atoms with Crippen LogP contribution in [0.3, 0.4) is 0 Å². The number of carbonyl (C=O) groups is 3. The molecule has 0 radical (unpaired) electrons. The van der Waals surface area contributed by atoms with Crippen LogP contribution in [0, 0.1) is 0 Å². The largest absolute Gasteiger partial charge is 0.464 e. The number of urea groups is 1. The Hall–Kier alpha value is -4.22. The first kappa shape index (κ1) is 28.4. The van der Waals surface area contributed by atoms with E-state index < -0.39 is 12.0 Å². The molecular formula is C25H24Cl2N6O5. The molecule has 0 aliphatic carbocycles. The Morgan fingerprint density at radius 1 is 1.08 bits per heavy atom. The van der Waals surface area contributed by atoms with Crippen molar-refractivity contribution in [2.75, 3.05) is 20.7 Å². The third-order valence-electron chi connectivity index (χ3n) is 5.07. The van der Waals surface area contributed by atoms with Crippen molar-refractivity contribution in [3.8, 4) is 11.6 Å². The van der Waals surface area contributed by atoms with E-state index in [-0.39, 0.29) is 29.4 Å². The van der Waals surface area contributed by atoms with E-state index in [0.717, 1.165) is 5.56 Å². The van der Waals surface area contributed by atoms with Gasteiger partial charge in [0.05, 0.1) is 19.3 Å². The number of nitrogens with one attached hydrogen (secondary N) is 1. The highest BCUT2D eigenvalue weighted by atomic mass is 35.5. The van der Waals surface area contributed by atoms with Crippen LogP contribution < -0.4 is 10.1 Å². The summed E-state index contributed by atoms with van der Waals surface area (Å²) < 4.78 is 10.3. The van der Waals surface area contributed by atoms with Gasteiger partial charge in [-0.15, -0.1) is 0 Å². The lowest BCUT2D eigenvalue weighted by atomic mass is 10.2. The van der Waals surface area contributed by atoms with Crippen molar-refractivity contribution in [1.82, 2.24) is 25.1 Å². The fourth-order valence-electron chi connectivity index (χ4n) is 2.94. The number of esters is 1. The quantitative estimate of drug-likeness (QED) is 0.140. The lowest BCUT2D eigenvalue weighted by molar-refractivity contribution is -0.115. The molecule has 3 aromatic rings. The smallest absolute Gasteiger partial charge is 0.356 e. The highest BCUT2D eigenvalue weighted by molar-refractivity contribution is 6.30. The van der Waals surface area contributed by atoms with E-state index in [0.29, 0.717) is 29.4 Å². The van der Waals surface area contributed by atoms with Gasteiger partial charge in [-0.3, -0.25) is 15.0 Å². The highest BCUT2D eigenvalue weighted by Gasteiger charge is 2.17. The first-order valence-corrected chi connectivity index (χ1v) is 12.0. The second-order valence-electron chi connectivity index (χ2n) is 7.69. The molecule has 0 fully saturated rings. The topological polar surface area (TPSA) is 126 Å². The molecule has 0 bridgehead atoms.